The molecule has 0 radical (unpaired) electrons. The van der Waals surface area contributed by atoms with Crippen LogP contribution >= 0.6 is 11.6 Å². The molecule has 0 aliphatic heterocycles. The summed E-state index contributed by atoms with van der Waals surface area (Å²) in [6.45, 7) is 1.40. The lowest BCUT2D eigenvalue weighted by Gasteiger charge is -2.04. The summed E-state index contributed by atoms with van der Waals surface area (Å²) in [5, 5.41) is -0.224. The van der Waals surface area contributed by atoms with Gasteiger partial charge >= 0.3 is 0 Å². The lowest BCUT2D eigenvalue weighted by Crippen LogP contribution is -2.08. The number of hydrogen-bond donors (Lipinski definition) is 0. The predicted octanol–water partition coefficient (Wildman–Crippen LogP) is 2.62. The van der Waals surface area contributed by atoms with Gasteiger partial charge in [0.1, 0.15) is 11.6 Å². The fourth-order valence-corrected chi connectivity index (χ4v) is 2.88. The monoisotopic (exact) mass is 278 g/mol. The van der Waals surface area contributed by atoms with E-state index in [4.69, 9.17) is 11.6 Å². The van der Waals surface area contributed by atoms with Crippen LogP contribution in [0.1, 0.15) is 19.8 Å². The van der Waals surface area contributed by atoms with Gasteiger partial charge < -0.3 is 4.79 Å². The van der Waals surface area contributed by atoms with Crippen LogP contribution in [0, 0.1) is 5.82 Å². The summed E-state index contributed by atoms with van der Waals surface area (Å²) in [5.41, 5.74) is 0. The van der Waals surface area contributed by atoms with Crippen LogP contribution in [0.5, 0.6) is 0 Å². The van der Waals surface area contributed by atoms with Gasteiger partial charge in [-0.15, -0.1) is 0 Å². The first-order chi connectivity index (χ1) is 7.83. The molecule has 0 saturated heterocycles. The molecule has 0 N–H and O–H groups in total. The van der Waals surface area contributed by atoms with Gasteiger partial charge in [-0.25, -0.2) is 12.8 Å². The molecular weight excluding hydrogens is 267 g/mol. The molecular formula is C11H12ClFO3S. The van der Waals surface area contributed by atoms with Gasteiger partial charge in [0.2, 0.25) is 0 Å². The van der Waals surface area contributed by atoms with E-state index in [0.717, 1.165) is 12.1 Å². The zero-order valence-electron chi connectivity index (χ0n) is 9.24. The van der Waals surface area contributed by atoms with Crippen LogP contribution in [-0.4, -0.2) is 20.0 Å². The van der Waals surface area contributed by atoms with Gasteiger partial charge in [-0.3, -0.25) is 0 Å². The van der Waals surface area contributed by atoms with Crippen molar-refractivity contribution in [2.75, 3.05) is 5.75 Å². The SMILES string of the molecule is CC(=O)CCCS(=O)(=O)c1ccc(F)c(Cl)c1. The van der Waals surface area contributed by atoms with E-state index in [2.05, 4.69) is 0 Å². The van der Waals surface area contributed by atoms with Crippen LogP contribution < -0.4 is 0 Å². The van der Waals surface area contributed by atoms with Gasteiger partial charge in [-0.1, -0.05) is 11.6 Å². The Morgan fingerprint density at radius 2 is 2.06 bits per heavy atom. The molecule has 0 aliphatic rings. The topological polar surface area (TPSA) is 51.2 Å². The van der Waals surface area contributed by atoms with Crippen molar-refractivity contribution in [1.29, 1.82) is 0 Å². The first-order valence-electron chi connectivity index (χ1n) is 5.00. The van der Waals surface area contributed by atoms with Gasteiger partial charge in [0.05, 0.1) is 15.7 Å². The molecule has 1 rings (SSSR count). The van der Waals surface area contributed by atoms with Crippen LogP contribution in [0.4, 0.5) is 4.39 Å². The fraction of sp³-hybridized carbons (Fsp3) is 0.364. The Kier molecular flexibility index (Phi) is 4.65. The van der Waals surface area contributed by atoms with Crippen LogP contribution in [0.25, 0.3) is 0 Å². The van der Waals surface area contributed by atoms with Gasteiger partial charge in [-0.05, 0) is 31.5 Å². The minimum absolute atomic E-state index is 0.0209. The lowest BCUT2D eigenvalue weighted by molar-refractivity contribution is -0.117. The molecule has 0 unspecified atom stereocenters. The summed E-state index contributed by atoms with van der Waals surface area (Å²) in [6.07, 6.45) is 0.473. The van der Waals surface area contributed by atoms with Crippen molar-refractivity contribution in [1.82, 2.24) is 0 Å². The normalized spacial score (nSPS) is 11.5. The highest BCUT2D eigenvalue weighted by Crippen LogP contribution is 2.20. The molecule has 3 nitrogen and oxygen atoms in total. The molecule has 0 atom stereocenters. The van der Waals surface area contributed by atoms with Crippen LogP contribution in [-0.2, 0) is 14.6 Å². The van der Waals surface area contributed by atoms with E-state index in [0.29, 0.717) is 0 Å². The molecule has 0 bridgehead atoms. The highest BCUT2D eigenvalue weighted by molar-refractivity contribution is 7.91. The third-order valence-corrected chi connectivity index (χ3v) is 4.28. The second-order valence-corrected chi connectivity index (χ2v) is 6.22. The Balaban J connectivity index is 2.82. The highest BCUT2D eigenvalue weighted by Gasteiger charge is 2.16. The molecule has 0 aromatic heterocycles. The van der Waals surface area contributed by atoms with E-state index in [9.17, 15) is 17.6 Å². The molecule has 0 heterocycles. The first kappa shape index (κ1) is 14.1. The molecule has 94 valence electrons. The van der Waals surface area contributed by atoms with E-state index in [1.165, 1.54) is 13.0 Å². The molecule has 0 amide bonds. The van der Waals surface area contributed by atoms with E-state index in [1.54, 1.807) is 0 Å². The van der Waals surface area contributed by atoms with Crippen LogP contribution in [0.2, 0.25) is 5.02 Å². The quantitative estimate of drug-likeness (QED) is 0.778. The van der Waals surface area contributed by atoms with E-state index in [1.807, 2.05) is 0 Å². The lowest BCUT2D eigenvalue weighted by atomic mass is 10.3. The number of Topliss-reactive ketones (excluding diaryl/α,β-unsaturated/α-hetero) is 1. The predicted molar refractivity (Wildman–Crippen MR) is 63.4 cm³/mol. The molecule has 6 heteroatoms. The van der Waals surface area contributed by atoms with Crippen LogP contribution in [0.3, 0.4) is 0 Å². The van der Waals surface area contributed by atoms with Crippen molar-refractivity contribution in [2.24, 2.45) is 0 Å². The van der Waals surface area contributed by atoms with Gasteiger partial charge in [0.15, 0.2) is 9.84 Å². The Morgan fingerprint density at radius 3 is 2.59 bits per heavy atom. The third-order valence-electron chi connectivity index (χ3n) is 2.19. The maximum Gasteiger partial charge on any atom is 0.178 e. The first-order valence-corrected chi connectivity index (χ1v) is 7.03. The Bertz CT molecular complexity index is 526. The molecule has 0 spiro atoms. The van der Waals surface area contributed by atoms with E-state index < -0.39 is 15.7 Å². The summed E-state index contributed by atoms with van der Waals surface area (Å²) in [5.74, 6) is -0.860. The number of sulfone groups is 1. The van der Waals surface area contributed by atoms with Crippen molar-refractivity contribution in [2.45, 2.75) is 24.7 Å². The second-order valence-electron chi connectivity index (χ2n) is 3.70. The summed E-state index contributed by atoms with van der Waals surface area (Å²) in [4.78, 5) is 10.7. The zero-order valence-corrected chi connectivity index (χ0v) is 10.8. The zero-order chi connectivity index (χ0) is 13.1. The Morgan fingerprint density at radius 1 is 1.41 bits per heavy atom. The number of carbonyl (C=O) groups is 1. The van der Waals surface area contributed by atoms with E-state index in [-0.39, 0.29) is 34.3 Å². The van der Waals surface area contributed by atoms with Crippen molar-refractivity contribution in [3.8, 4) is 0 Å². The van der Waals surface area contributed by atoms with Crippen molar-refractivity contribution < 1.29 is 17.6 Å². The number of rotatable bonds is 5. The summed E-state index contributed by atoms with van der Waals surface area (Å²) >= 11 is 5.51. The average Bonchev–Trinajstić information content (AvgIpc) is 2.21. The second kappa shape index (κ2) is 5.60. The highest BCUT2D eigenvalue weighted by atomic mass is 35.5. The summed E-state index contributed by atoms with van der Waals surface area (Å²) in [6, 6.07) is 3.27. The van der Waals surface area contributed by atoms with E-state index >= 15 is 0 Å². The summed E-state index contributed by atoms with van der Waals surface area (Å²) < 4.78 is 36.4. The van der Waals surface area contributed by atoms with Gasteiger partial charge in [-0.2, -0.15) is 0 Å². The smallest absolute Gasteiger partial charge is 0.178 e. The third kappa shape index (κ3) is 4.09. The maximum absolute atomic E-state index is 12.9. The number of carbonyl (C=O) groups excluding carboxylic acids is 1. The number of hydrogen-bond acceptors (Lipinski definition) is 3. The molecule has 0 fully saturated rings. The van der Waals surface area contributed by atoms with Crippen molar-refractivity contribution >= 4 is 27.2 Å². The van der Waals surface area contributed by atoms with Crippen molar-refractivity contribution in [3.63, 3.8) is 0 Å². The number of ketones is 1. The number of benzene rings is 1. The Labute approximate surface area is 105 Å². The van der Waals surface area contributed by atoms with Crippen LogP contribution in [0.15, 0.2) is 23.1 Å². The average molecular weight is 279 g/mol. The largest absolute Gasteiger partial charge is 0.300 e. The molecule has 17 heavy (non-hydrogen) atoms. The fourth-order valence-electron chi connectivity index (χ4n) is 1.30. The maximum atomic E-state index is 12.9. The molecule has 0 aliphatic carbocycles. The minimum Gasteiger partial charge on any atom is -0.300 e. The standard InChI is InChI=1S/C11H12ClFO3S/c1-8(14)3-2-6-17(15,16)9-4-5-11(13)10(12)7-9/h4-5,7H,2-3,6H2,1H3. The Hall–Kier alpha value is -0.940. The van der Waals surface area contributed by atoms with Gasteiger partial charge in [0, 0.05) is 6.42 Å². The molecule has 1 aromatic rings. The molecule has 0 saturated carbocycles. The summed E-state index contributed by atoms with van der Waals surface area (Å²) in [7, 11) is -3.50. The number of halogens is 2. The minimum atomic E-state index is -3.50. The van der Waals surface area contributed by atoms with Gasteiger partial charge in [0.25, 0.3) is 0 Å². The molecule has 1 aromatic carbocycles. The van der Waals surface area contributed by atoms with Crippen molar-refractivity contribution in [3.05, 3.63) is 29.0 Å².